The molecule has 1 aromatic carbocycles. The number of carbonyl (C=O) groups excluding carboxylic acids is 1. The van der Waals surface area contributed by atoms with Gasteiger partial charge in [-0.2, -0.15) is 0 Å². The van der Waals surface area contributed by atoms with E-state index in [1.807, 2.05) is 0 Å². The zero-order valence-corrected chi connectivity index (χ0v) is 18.4. The number of nitro groups is 1. The third-order valence-electron chi connectivity index (χ3n) is 5.56. The van der Waals surface area contributed by atoms with Crippen molar-refractivity contribution in [2.75, 3.05) is 6.54 Å². The van der Waals surface area contributed by atoms with Gasteiger partial charge in [0.25, 0.3) is 5.69 Å². The van der Waals surface area contributed by atoms with Gasteiger partial charge in [-0.3, -0.25) is 15.0 Å². The molecule has 1 aliphatic heterocycles. The number of nitro benzene ring substituents is 1. The van der Waals surface area contributed by atoms with Crippen LogP contribution in [0.3, 0.4) is 0 Å². The average molecular weight is 425 g/mol. The highest BCUT2D eigenvalue weighted by molar-refractivity contribution is 6.74. The van der Waals surface area contributed by atoms with Crippen molar-refractivity contribution in [3.05, 3.63) is 39.9 Å². The van der Waals surface area contributed by atoms with Crippen LogP contribution in [-0.4, -0.2) is 54.0 Å². The number of likely N-dealkylation sites (tertiary alicyclic amines) is 1. The molecule has 1 fully saturated rings. The van der Waals surface area contributed by atoms with Crippen molar-refractivity contribution < 1.29 is 28.8 Å². The summed E-state index contributed by atoms with van der Waals surface area (Å²) in [6.07, 6.45) is -0.880. The molecule has 0 unspecified atom stereocenters. The fraction of sp³-hybridized carbons (Fsp3) is 0.579. The molecule has 0 bridgehead atoms. The Morgan fingerprint density at radius 2 is 1.86 bits per heavy atom. The molecule has 0 spiro atoms. The zero-order valence-electron chi connectivity index (χ0n) is 17.4. The molecule has 0 radical (unpaired) electrons. The van der Waals surface area contributed by atoms with E-state index in [1.54, 1.807) is 0 Å². The Bertz CT molecular complexity index is 774. The molecule has 2 rings (SSSR count). The molecule has 1 aromatic rings. The fourth-order valence-corrected chi connectivity index (χ4v) is 4.21. The molecular formula is C19H28N2O7Si. The van der Waals surface area contributed by atoms with Crippen molar-refractivity contribution in [2.45, 2.75) is 64.1 Å². The molecular weight excluding hydrogens is 396 g/mol. The Kier molecular flexibility index (Phi) is 6.69. The van der Waals surface area contributed by atoms with Gasteiger partial charge < -0.3 is 14.3 Å². The summed E-state index contributed by atoms with van der Waals surface area (Å²) in [6.45, 7) is 10.5. The number of amides is 1. The van der Waals surface area contributed by atoms with Crippen molar-refractivity contribution in [1.29, 1.82) is 0 Å². The molecule has 160 valence electrons. The van der Waals surface area contributed by atoms with Crippen LogP contribution in [0.15, 0.2) is 24.3 Å². The van der Waals surface area contributed by atoms with Crippen molar-refractivity contribution in [1.82, 2.24) is 4.90 Å². The number of nitrogens with zero attached hydrogens (tertiary/aromatic N) is 2. The van der Waals surface area contributed by atoms with Gasteiger partial charge in [-0.05, 0) is 35.8 Å². The Balaban J connectivity index is 2.02. The fourth-order valence-electron chi connectivity index (χ4n) is 2.85. The molecule has 1 heterocycles. The van der Waals surface area contributed by atoms with Crippen LogP contribution in [0.25, 0.3) is 0 Å². The third-order valence-corrected chi connectivity index (χ3v) is 10.1. The molecule has 0 aromatic heterocycles. The molecule has 0 saturated carbocycles. The largest absolute Gasteiger partial charge is 0.480 e. The second kappa shape index (κ2) is 8.50. The number of aliphatic carboxylic acids is 1. The SMILES string of the molecule is CC(C)(C)[Si](C)(C)O[C@@H]1C[C@@H](C(=O)O)N(C(=O)OCc2ccc([N+](=O)[O-])cc2)C1. The van der Waals surface area contributed by atoms with Gasteiger partial charge in [-0.1, -0.05) is 20.8 Å². The summed E-state index contributed by atoms with van der Waals surface area (Å²) >= 11 is 0. The Morgan fingerprint density at radius 1 is 1.28 bits per heavy atom. The predicted molar refractivity (Wildman–Crippen MR) is 108 cm³/mol. The lowest BCUT2D eigenvalue weighted by atomic mass is 10.2. The maximum absolute atomic E-state index is 12.5. The van der Waals surface area contributed by atoms with Crippen LogP contribution in [0.5, 0.6) is 0 Å². The minimum absolute atomic E-state index is 0.0322. The normalized spacial score (nSPS) is 19.8. The van der Waals surface area contributed by atoms with E-state index in [0.29, 0.717) is 5.56 Å². The number of hydrogen-bond donors (Lipinski definition) is 1. The van der Waals surface area contributed by atoms with Gasteiger partial charge in [0.05, 0.1) is 11.0 Å². The topological polar surface area (TPSA) is 119 Å². The van der Waals surface area contributed by atoms with Gasteiger partial charge in [-0.15, -0.1) is 0 Å². The van der Waals surface area contributed by atoms with E-state index in [4.69, 9.17) is 9.16 Å². The molecule has 0 aliphatic carbocycles. The van der Waals surface area contributed by atoms with Crippen LogP contribution in [0, 0.1) is 10.1 Å². The van der Waals surface area contributed by atoms with Crippen LogP contribution in [0.1, 0.15) is 32.8 Å². The second-order valence-corrected chi connectivity index (χ2v) is 13.5. The number of carboxylic acids is 1. The van der Waals surface area contributed by atoms with E-state index in [2.05, 4.69) is 33.9 Å². The molecule has 29 heavy (non-hydrogen) atoms. The summed E-state index contributed by atoms with van der Waals surface area (Å²) in [5.41, 5.74) is 0.514. The Morgan fingerprint density at radius 3 is 2.34 bits per heavy atom. The Labute approximate surface area is 170 Å². The van der Waals surface area contributed by atoms with Crippen LogP contribution in [-0.2, 0) is 20.6 Å². The van der Waals surface area contributed by atoms with E-state index in [1.165, 1.54) is 29.2 Å². The van der Waals surface area contributed by atoms with Gasteiger partial charge in [0.2, 0.25) is 0 Å². The lowest BCUT2D eigenvalue weighted by Crippen LogP contribution is -2.45. The molecule has 1 N–H and O–H groups in total. The highest BCUT2D eigenvalue weighted by atomic mass is 28.4. The number of benzene rings is 1. The van der Waals surface area contributed by atoms with Crippen LogP contribution in [0.2, 0.25) is 18.1 Å². The number of non-ortho nitro benzene ring substituents is 1. The first kappa shape index (κ1) is 22.8. The minimum Gasteiger partial charge on any atom is -0.480 e. The number of ether oxygens (including phenoxy) is 1. The quantitative estimate of drug-likeness (QED) is 0.419. The smallest absolute Gasteiger partial charge is 0.410 e. The maximum atomic E-state index is 12.5. The van der Waals surface area contributed by atoms with E-state index < -0.39 is 31.3 Å². The highest BCUT2D eigenvalue weighted by Gasteiger charge is 2.46. The Hall–Kier alpha value is -2.46. The summed E-state index contributed by atoms with van der Waals surface area (Å²) in [5.74, 6) is -1.10. The highest BCUT2D eigenvalue weighted by Crippen LogP contribution is 2.39. The van der Waals surface area contributed by atoms with Crippen LogP contribution in [0.4, 0.5) is 10.5 Å². The van der Waals surface area contributed by atoms with Crippen LogP contribution >= 0.6 is 0 Å². The summed E-state index contributed by atoms with van der Waals surface area (Å²) < 4.78 is 11.5. The molecule has 9 nitrogen and oxygen atoms in total. The number of carboxylic acid groups (broad SMARTS) is 1. The van der Waals surface area contributed by atoms with Gasteiger partial charge in [0, 0.05) is 25.1 Å². The molecule has 1 amide bonds. The van der Waals surface area contributed by atoms with Gasteiger partial charge >= 0.3 is 12.1 Å². The van der Waals surface area contributed by atoms with Crippen molar-refractivity contribution in [3.8, 4) is 0 Å². The van der Waals surface area contributed by atoms with E-state index in [-0.39, 0.29) is 36.4 Å². The standard InChI is InChI=1S/C19H28N2O7Si/c1-19(2,3)29(4,5)28-15-10-16(17(22)23)20(11-15)18(24)27-12-13-6-8-14(9-7-13)21(25)26/h6-9,15-16H,10-12H2,1-5H3,(H,22,23)/t15-,16+/m1/s1. The van der Waals surface area contributed by atoms with Gasteiger partial charge in [0.15, 0.2) is 8.32 Å². The minimum atomic E-state index is -2.11. The van der Waals surface area contributed by atoms with E-state index in [9.17, 15) is 24.8 Å². The molecule has 10 heteroatoms. The predicted octanol–water partition coefficient (Wildman–Crippen LogP) is 3.78. The van der Waals surface area contributed by atoms with Gasteiger partial charge in [0.1, 0.15) is 12.6 Å². The summed E-state index contributed by atoms with van der Waals surface area (Å²) in [4.78, 5) is 35.5. The summed E-state index contributed by atoms with van der Waals surface area (Å²) in [6, 6.07) is 4.62. The van der Waals surface area contributed by atoms with E-state index in [0.717, 1.165) is 0 Å². The number of hydrogen-bond acceptors (Lipinski definition) is 6. The van der Waals surface area contributed by atoms with E-state index >= 15 is 0 Å². The third kappa shape index (κ3) is 5.54. The van der Waals surface area contributed by atoms with Crippen molar-refractivity contribution >= 4 is 26.1 Å². The number of carbonyl (C=O) groups is 2. The summed E-state index contributed by atoms with van der Waals surface area (Å²) in [5, 5.41) is 20.2. The lowest BCUT2D eigenvalue weighted by molar-refractivity contribution is -0.384. The van der Waals surface area contributed by atoms with Crippen LogP contribution < -0.4 is 0 Å². The summed E-state index contributed by atoms with van der Waals surface area (Å²) in [7, 11) is -2.11. The molecule has 2 atom stereocenters. The average Bonchev–Trinajstić information content (AvgIpc) is 3.02. The molecule has 1 aliphatic rings. The maximum Gasteiger partial charge on any atom is 0.410 e. The monoisotopic (exact) mass is 424 g/mol. The zero-order chi connectivity index (χ0) is 22.0. The van der Waals surface area contributed by atoms with Crippen molar-refractivity contribution in [3.63, 3.8) is 0 Å². The van der Waals surface area contributed by atoms with Crippen molar-refractivity contribution in [2.24, 2.45) is 0 Å². The molecule has 1 saturated heterocycles. The van der Waals surface area contributed by atoms with Gasteiger partial charge in [-0.25, -0.2) is 9.59 Å². The lowest BCUT2D eigenvalue weighted by Gasteiger charge is -2.38. The first-order valence-corrected chi connectivity index (χ1v) is 12.3. The second-order valence-electron chi connectivity index (χ2n) is 8.72. The first-order valence-electron chi connectivity index (χ1n) is 9.39. The first-order chi connectivity index (χ1) is 13.3. The number of rotatable bonds is 6.